The lowest BCUT2D eigenvalue weighted by atomic mass is 10.1. The summed E-state index contributed by atoms with van der Waals surface area (Å²) >= 11 is 0. The lowest BCUT2D eigenvalue weighted by Crippen LogP contribution is -2.36. The van der Waals surface area contributed by atoms with Crippen LogP contribution in [-0.2, 0) is 17.6 Å². The van der Waals surface area contributed by atoms with Gasteiger partial charge >= 0.3 is 0 Å². The van der Waals surface area contributed by atoms with E-state index in [1.165, 1.54) is 5.56 Å². The Balaban J connectivity index is 1.53. The third-order valence-corrected chi connectivity index (χ3v) is 4.72. The minimum Gasteiger partial charge on any atom is -0.497 e. The van der Waals surface area contributed by atoms with E-state index in [1.54, 1.807) is 7.11 Å². The number of ether oxygens (including phenoxy) is 1. The van der Waals surface area contributed by atoms with Crippen molar-refractivity contribution in [2.75, 3.05) is 12.0 Å². The van der Waals surface area contributed by atoms with E-state index in [-0.39, 0.29) is 18.4 Å². The summed E-state index contributed by atoms with van der Waals surface area (Å²) in [6, 6.07) is 17.6. The molecule has 1 aliphatic heterocycles. The van der Waals surface area contributed by atoms with Crippen LogP contribution in [0.4, 0.5) is 5.69 Å². The summed E-state index contributed by atoms with van der Waals surface area (Å²) in [5.74, 6) is 1.41. The van der Waals surface area contributed by atoms with Crippen molar-refractivity contribution in [2.45, 2.75) is 25.8 Å². The first-order valence-electron chi connectivity index (χ1n) is 8.65. The van der Waals surface area contributed by atoms with Gasteiger partial charge in [0.05, 0.1) is 19.2 Å². The second-order valence-electron chi connectivity index (χ2n) is 6.54. The van der Waals surface area contributed by atoms with Crippen molar-refractivity contribution in [1.82, 2.24) is 5.16 Å². The Kier molecular flexibility index (Phi) is 4.21. The Hall–Kier alpha value is -3.08. The molecule has 0 bridgehead atoms. The first kappa shape index (κ1) is 16.4. The smallest absolute Gasteiger partial charge is 0.233 e. The standard InChI is InChI=1S/C21H20N2O3/c1-14-10-15-6-3-4-9-19(15)23(14)21(24)13-17-12-20(26-22-17)16-7-5-8-18(11-16)25-2/h3-9,11-12,14H,10,13H2,1-2H3/t14-/m1/s1. The van der Waals surface area contributed by atoms with Gasteiger partial charge in [0.1, 0.15) is 5.75 Å². The van der Waals surface area contributed by atoms with Crippen LogP contribution in [0.5, 0.6) is 5.75 Å². The predicted octanol–water partition coefficient (Wildman–Crippen LogP) is 3.87. The highest BCUT2D eigenvalue weighted by molar-refractivity contribution is 5.97. The van der Waals surface area contributed by atoms with Crippen LogP contribution in [0.2, 0.25) is 0 Å². The van der Waals surface area contributed by atoms with Crippen molar-refractivity contribution in [3.63, 3.8) is 0 Å². The molecular formula is C21H20N2O3. The molecule has 0 fully saturated rings. The van der Waals surface area contributed by atoms with Gasteiger partial charge in [-0.1, -0.05) is 35.5 Å². The van der Waals surface area contributed by atoms with Crippen LogP contribution >= 0.6 is 0 Å². The number of amides is 1. The van der Waals surface area contributed by atoms with Gasteiger partial charge in [-0.3, -0.25) is 4.79 Å². The number of rotatable bonds is 4. The van der Waals surface area contributed by atoms with Crippen molar-refractivity contribution < 1.29 is 14.1 Å². The van der Waals surface area contributed by atoms with Gasteiger partial charge in [0.2, 0.25) is 5.91 Å². The normalized spacial score (nSPS) is 15.8. The van der Waals surface area contributed by atoms with Gasteiger partial charge in [0.25, 0.3) is 0 Å². The second kappa shape index (κ2) is 6.67. The third-order valence-electron chi connectivity index (χ3n) is 4.72. The van der Waals surface area contributed by atoms with Crippen LogP contribution in [-0.4, -0.2) is 24.2 Å². The Morgan fingerprint density at radius 3 is 2.92 bits per heavy atom. The molecule has 5 nitrogen and oxygen atoms in total. The zero-order valence-corrected chi connectivity index (χ0v) is 14.8. The van der Waals surface area contributed by atoms with Crippen molar-refractivity contribution in [3.05, 3.63) is 65.9 Å². The summed E-state index contributed by atoms with van der Waals surface area (Å²) in [6.45, 7) is 2.07. The maximum atomic E-state index is 12.9. The molecule has 0 saturated carbocycles. The highest BCUT2D eigenvalue weighted by Crippen LogP contribution is 2.32. The van der Waals surface area contributed by atoms with E-state index in [0.29, 0.717) is 11.5 Å². The monoisotopic (exact) mass is 348 g/mol. The number of carbonyl (C=O) groups excluding carboxylic acids is 1. The molecule has 26 heavy (non-hydrogen) atoms. The molecule has 4 rings (SSSR count). The fourth-order valence-electron chi connectivity index (χ4n) is 3.49. The molecule has 5 heteroatoms. The Morgan fingerprint density at radius 2 is 2.08 bits per heavy atom. The zero-order valence-electron chi connectivity index (χ0n) is 14.8. The molecule has 0 saturated heterocycles. The fourth-order valence-corrected chi connectivity index (χ4v) is 3.49. The number of aromatic nitrogens is 1. The summed E-state index contributed by atoms with van der Waals surface area (Å²) in [6.07, 6.45) is 1.10. The molecule has 2 heterocycles. The summed E-state index contributed by atoms with van der Waals surface area (Å²) < 4.78 is 10.7. The Morgan fingerprint density at radius 1 is 1.23 bits per heavy atom. The van der Waals surface area contributed by atoms with E-state index >= 15 is 0 Å². The van der Waals surface area contributed by atoms with Gasteiger partial charge in [-0.15, -0.1) is 0 Å². The molecule has 2 aromatic carbocycles. The molecule has 0 unspecified atom stereocenters. The molecular weight excluding hydrogens is 328 g/mol. The molecule has 1 amide bonds. The van der Waals surface area contributed by atoms with Gasteiger partial charge in [0, 0.05) is 23.4 Å². The van der Waals surface area contributed by atoms with Gasteiger partial charge in [-0.05, 0) is 37.1 Å². The average molecular weight is 348 g/mol. The van der Waals surface area contributed by atoms with Crippen LogP contribution < -0.4 is 9.64 Å². The second-order valence-corrected chi connectivity index (χ2v) is 6.54. The average Bonchev–Trinajstić information content (AvgIpc) is 3.25. The molecule has 3 aromatic rings. The lowest BCUT2D eigenvalue weighted by molar-refractivity contribution is -0.118. The van der Waals surface area contributed by atoms with E-state index in [1.807, 2.05) is 53.4 Å². The lowest BCUT2D eigenvalue weighted by Gasteiger charge is -2.22. The Bertz CT molecular complexity index is 948. The number of methoxy groups -OCH3 is 1. The van der Waals surface area contributed by atoms with Gasteiger partial charge in [-0.25, -0.2) is 0 Å². The molecule has 1 aliphatic rings. The van der Waals surface area contributed by atoms with E-state index in [4.69, 9.17) is 9.26 Å². The van der Waals surface area contributed by atoms with Gasteiger partial charge in [0.15, 0.2) is 5.76 Å². The van der Waals surface area contributed by atoms with Crippen molar-refractivity contribution in [3.8, 4) is 17.1 Å². The van der Waals surface area contributed by atoms with Crippen LogP contribution in [0.25, 0.3) is 11.3 Å². The van der Waals surface area contributed by atoms with E-state index in [9.17, 15) is 4.79 Å². The third kappa shape index (κ3) is 2.96. The molecule has 132 valence electrons. The van der Waals surface area contributed by atoms with Crippen LogP contribution in [0, 0.1) is 0 Å². The summed E-state index contributed by atoms with van der Waals surface area (Å²) in [5.41, 5.74) is 3.71. The number of hydrogen-bond donors (Lipinski definition) is 0. The molecule has 0 N–H and O–H groups in total. The molecule has 1 aromatic heterocycles. The number of para-hydroxylation sites is 1. The number of hydrogen-bond acceptors (Lipinski definition) is 4. The topological polar surface area (TPSA) is 55.6 Å². The molecule has 0 aliphatic carbocycles. The van der Waals surface area contributed by atoms with Crippen LogP contribution in [0.3, 0.4) is 0 Å². The highest BCUT2D eigenvalue weighted by Gasteiger charge is 2.30. The van der Waals surface area contributed by atoms with E-state index in [2.05, 4.69) is 18.1 Å². The van der Waals surface area contributed by atoms with Gasteiger partial charge < -0.3 is 14.2 Å². The molecule has 0 spiro atoms. The summed E-state index contributed by atoms with van der Waals surface area (Å²) in [4.78, 5) is 14.7. The fraction of sp³-hybridized carbons (Fsp3) is 0.238. The first-order chi connectivity index (χ1) is 12.7. The van der Waals surface area contributed by atoms with Crippen molar-refractivity contribution in [2.24, 2.45) is 0 Å². The number of anilines is 1. The first-order valence-corrected chi connectivity index (χ1v) is 8.65. The quantitative estimate of drug-likeness (QED) is 0.718. The minimum atomic E-state index is 0.0351. The SMILES string of the molecule is COc1cccc(-c2cc(CC(=O)N3c4ccccc4C[C@H]3C)no2)c1. The number of fused-ring (bicyclic) bond motifs is 1. The van der Waals surface area contributed by atoms with Crippen LogP contribution in [0.1, 0.15) is 18.2 Å². The van der Waals surface area contributed by atoms with E-state index < -0.39 is 0 Å². The molecule has 0 radical (unpaired) electrons. The minimum absolute atomic E-state index is 0.0351. The van der Waals surface area contributed by atoms with Gasteiger partial charge in [-0.2, -0.15) is 0 Å². The number of benzene rings is 2. The highest BCUT2D eigenvalue weighted by atomic mass is 16.5. The summed E-state index contributed by atoms with van der Waals surface area (Å²) in [7, 11) is 1.62. The van der Waals surface area contributed by atoms with E-state index in [0.717, 1.165) is 23.4 Å². The van der Waals surface area contributed by atoms with Crippen molar-refractivity contribution >= 4 is 11.6 Å². The maximum absolute atomic E-state index is 12.9. The maximum Gasteiger partial charge on any atom is 0.233 e. The predicted molar refractivity (Wildman–Crippen MR) is 99.3 cm³/mol. The summed E-state index contributed by atoms with van der Waals surface area (Å²) in [5, 5.41) is 4.08. The Labute approximate surface area is 152 Å². The van der Waals surface area contributed by atoms with Crippen LogP contribution in [0.15, 0.2) is 59.1 Å². The molecule has 1 atom stereocenters. The zero-order chi connectivity index (χ0) is 18.1. The number of nitrogens with zero attached hydrogens (tertiary/aromatic N) is 2. The van der Waals surface area contributed by atoms with Crippen molar-refractivity contribution in [1.29, 1.82) is 0 Å². The number of carbonyl (C=O) groups is 1. The largest absolute Gasteiger partial charge is 0.497 e.